The third kappa shape index (κ3) is 4.69. The quantitative estimate of drug-likeness (QED) is 0.636. The number of rotatable bonds is 6. The molecule has 1 atom stereocenters. The number of amides is 1. The van der Waals surface area contributed by atoms with Crippen LogP contribution in [0.1, 0.15) is 41.5 Å². The Bertz CT molecular complexity index is 1140. The fourth-order valence-electron chi connectivity index (χ4n) is 3.99. The summed E-state index contributed by atoms with van der Waals surface area (Å²) in [6.45, 7) is 5.47. The van der Waals surface area contributed by atoms with Crippen molar-refractivity contribution < 1.29 is 22.7 Å². The molecule has 32 heavy (non-hydrogen) atoms. The van der Waals surface area contributed by atoms with Gasteiger partial charge in [-0.3, -0.25) is 4.79 Å². The lowest BCUT2D eigenvalue weighted by Crippen LogP contribution is -2.44. The molecule has 1 aliphatic heterocycles. The Balaban J connectivity index is 1.88. The summed E-state index contributed by atoms with van der Waals surface area (Å²) in [4.78, 5) is 25.4. The van der Waals surface area contributed by atoms with E-state index in [-0.39, 0.29) is 36.1 Å². The van der Waals surface area contributed by atoms with Crippen LogP contribution in [0, 0.1) is 19.8 Å². The zero-order valence-corrected chi connectivity index (χ0v) is 20.2. The lowest BCUT2D eigenvalue weighted by Gasteiger charge is -2.31. The Kier molecular flexibility index (Phi) is 7.32. The number of benzene rings is 1. The van der Waals surface area contributed by atoms with E-state index in [9.17, 15) is 18.0 Å². The van der Waals surface area contributed by atoms with Gasteiger partial charge in [0.05, 0.1) is 12.5 Å². The average molecular weight is 482 g/mol. The highest BCUT2D eigenvalue weighted by atomic mass is 35.5. The van der Waals surface area contributed by atoms with Gasteiger partial charge in [-0.15, -0.1) is 0 Å². The van der Waals surface area contributed by atoms with E-state index in [1.54, 1.807) is 56.7 Å². The normalized spacial score (nSPS) is 17.2. The van der Waals surface area contributed by atoms with Crippen LogP contribution < -0.4 is 5.32 Å². The number of anilines is 1. The van der Waals surface area contributed by atoms with Gasteiger partial charge in [0.1, 0.15) is 10.5 Å². The zero-order chi connectivity index (χ0) is 23.6. The fraction of sp³-hybridized carbons (Fsp3) is 0.455. The van der Waals surface area contributed by atoms with Crippen molar-refractivity contribution in [3.8, 4) is 0 Å². The van der Waals surface area contributed by atoms with Crippen molar-refractivity contribution in [3.63, 3.8) is 0 Å². The molecule has 0 aliphatic carbocycles. The highest BCUT2D eigenvalue weighted by Crippen LogP contribution is 2.32. The van der Waals surface area contributed by atoms with Crippen LogP contribution in [0.15, 0.2) is 29.2 Å². The second-order valence-corrected chi connectivity index (χ2v) is 10.2. The lowest BCUT2D eigenvalue weighted by molar-refractivity contribution is -0.120. The molecule has 0 spiro atoms. The minimum atomic E-state index is -4.02. The van der Waals surface area contributed by atoms with Crippen LogP contribution in [0.3, 0.4) is 0 Å². The highest BCUT2D eigenvalue weighted by molar-refractivity contribution is 7.89. The Labute approximate surface area is 193 Å². The summed E-state index contributed by atoms with van der Waals surface area (Å²) < 4.78 is 35.4. The minimum absolute atomic E-state index is 0.0321. The van der Waals surface area contributed by atoms with Crippen molar-refractivity contribution in [1.29, 1.82) is 0 Å². The standard InChI is InChI=1S/C22H28ClN3O5S/c1-5-31-22(28)19-14(2)25(4)15(3)20(19)32(29,30)26-11-7-8-16(13-26)21(27)24-18-10-6-9-17(23)12-18/h6,9-10,12,16H,5,7-8,11,13H2,1-4H3,(H,24,27)/t16-/m0/s1. The molecule has 1 aromatic carbocycles. The first-order valence-corrected chi connectivity index (χ1v) is 12.3. The van der Waals surface area contributed by atoms with Crippen LogP contribution in [0.2, 0.25) is 5.02 Å². The molecule has 10 heteroatoms. The van der Waals surface area contributed by atoms with E-state index >= 15 is 0 Å². The molecule has 0 unspecified atom stereocenters. The smallest absolute Gasteiger partial charge is 0.341 e. The number of sulfonamides is 1. The van der Waals surface area contributed by atoms with Crippen molar-refractivity contribution >= 4 is 39.2 Å². The van der Waals surface area contributed by atoms with Gasteiger partial charge in [-0.1, -0.05) is 17.7 Å². The number of nitrogens with one attached hydrogen (secondary N) is 1. The summed E-state index contributed by atoms with van der Waals surface area (Å²) in [6.07, 6.45) is 1.10. The van der Waals surface area contributed by atoms with Crippen LogP contribution in [0.25, 0.3) is 0 Å². The lowest BCUT2D eigenvalue weighted by atomic mass is 9.99. The molecular weight excluding hydrogens is 454 g/mol. The number of hydrogen-bond donors (Lipinski definition) is 1. The second kappa shape index (κ2) is 9.64. The number of esters is 1. The number of nitrogens with zero attached hydrogens (tertiary/aromatic N) is 2. The Hall–Kier alpha value is -2.36. The first kappa shape index (κ1) is 24.3. The summed E-state index contributed by atoms with van der Waals surface area (Å²) in [7, 11) is -2.31. The third-order valence-corrected chi connectivity index (χ3v) is 8.11. The highest BCUT2D eigenvalue weighted by Gasteiger charge is 2.39. The van der Waals surface area contributed by atoms with Gasteiger partial charge in [0.25, 0.3) is 0 Å². The molecule has 1 aromatic heterocycles. The predicted octanol–water partition coefficient (Wildman–Crippen LogP) is 3.51. The van der Waals surface area contributed by atoms with E-state index in [0.717, 1.165) is 0 Å². The molecule has 1 fully saturated rings. The van der Waals surface area contributed by atoms with Crippen LogP contribution in [-0.4, -0.2) is 48.9 Å². The average Bonchev–Trinajstić information content (AvgIpc) is 2.98. The molecule has 1 amide bonds. The first-order chi connectivity index (χ1) is 15.1. The molecule has 1 saturated heterocycles. The predicted molar refractivity (Wildman–Crippen MR) is 122 cm³/mol. The van der Waals surface area contributed by atoms with Gasteiger partial charge in [-0.2, -0.15) is 4.31 Å². The molecular formula is C22H28ClN3O5S. The number of carbonyl (C=O) groups excluding carboxylic acids is 2. The molecule has 3 rings (SSSR count). The SMILES string of the molecule is CCOC(=O)c1c(S(=O)(=O)N2CCC[C@H](C(=O)Nc3cccc(Cl)c3)C2)c(C)n(C)c1C. The first-order valence-electron chi connectivity index (χ1n) is 10.5. The van der Waals surface area contributed by atoms with Crippen molar-refractivity contribution in [3.05, 3.63) is 46.2 Å². The summed E-state index contributed by atoms with van der Waals surface area (Å²) in [5.74, 6) is -1.45. The van der Waals surface area contributed by atoms with Gasteiger partial charge in [0, 0.05) is 42.2 Å². The van der Waals surface area contributed by atoms with E-state index in [4.69, 9.17) is 16.3 Å². The summed E-state index contributed by atoms with van der Waals surface area (Å²) in [5.41, 5.74) is 1.58. The largest absolute Gasteiger partial charge is 0.462 e. The van der Waals surface area contributed by atoms with E-state index < -0.39 is 21.9 Å². The molecule has 0 radical (unpaired) electrons. The van der Waals surface area contributed by atoms with Crippen molar-refractivity contribution in [2.75, 3.05) is 25.0 Å². The van der Waals surface area contributed by atoms with Gasteiger partial charge in [0.15, 0.2) is 0 Å². The summed E-state index contributed by atoms with van der Waals surface area (Å²) >= 11 is 5.98. The maximum absolute atomic E-state index is 13.6. The maximum Gasteiger partial charge on any atom is 0.341 e. The van der Waals surface area contributed by atoms with Crippen molar-refractivity contribution in [2.24, 2.45) is 13.0 Å². The fourth-order valence-corrected chi connectivity index (χ4v) is 6.18. The van der Waals surface area contributed by atoms with Crippen molar-refractivity contribution in [2.45, 2.75) is 38.5 Å². The maximum atomic E-state index is 13.6. The zero-order valence-electron chi connectivity index (χ0n) is 18.6. The van der Waals surface area contributed by atoms with Gasteiger partial charge >= 0.3 is 5.97 Å². The topological polar surface area (TPSA) is 97.7 Å². The van der Waals surface area contributed by atoms with Crippen molar-refractivity contribution in [1.82, 2.24) is 8.87 Å². The van der Waals surface area contributed by atoms with Gasteiger partial charge in [0.2, 0.25) is 15.9 Å². The summed E-state index contributed by atoms with van der Waals surface area (Å²) in [6, 6.07) is 6.80. The van der Waals surface area contributed by atoms with Crippen LogP contribution >= 0.6 is 11.6 Å². The third-order valence-electron chi connectivity index (χ3n) is 5.85. The molecule has 174 valence electrons. The number of aromatic nitrogens is 1. The molecule has 2 heterocycles. The van der Waals surface area contributed by atoms with E-state index in [1.807, 2.05) is 0 Å². The Morgan fingerprint density at radius 2 is 1.97 bits per heavy atom. The van der Waals surface area contributed by atoms with E-state index in [2.05, 4.69) is 5.32 Å². The Morgan fingerprint density at radius 1 is 1.25 bits per heavy atom. The van der Waals surface area contributed by atoms with Crippen LogP contribution in [0.5, 0.6) is 0 Å². The van der Waals surface area contributed by atoms with Crippen LogP contribution in [-0.2, 0) is 26.6 Å². The molecule has 0 saturated carbocycles. The number of ether oxygens (including phenoxy) is 1. The number of carbonyl (C=O) groups is 2. The van der Waals surface area contributed by atoms with Crippen LogP contribution in [0.4, 0.5) is 5.69 Å². The molecule has 1 N–H and O–H groups in total. The number of piperidine rings is 1. The molecule has 0 bridgehead atoms. The van der Waals surface area contributed by atoms with Gasteiger partial charge in [-0.25, -0.2) is 13.2 Å². The number of hydrogen-bond acceptors (Lipinski definition) is 5. The molecule has 8 nitrogen and oxygen atoms in total. The van der Waals surface area contributed by atoms with E-state index in [1.165, 1.54) is 4.31 Å². The molecule has 2 aromatic rings. The molecule has 1 aliphatic rings. The number of halogens is 1. The summed E-state index contributed by atoms with van der Waals surface area (Å²) in [5, 5.41) is 3.31. The van der Waals surface area contributed by atoms with Gasteiger partial charge in [-0.05, 0) is 51.8 Å². The monoisotopic (exact) mass is 481 g/mol. The van der Waals surface area contributed by atoms with Gasteiger partial charge < -0.3 is 14.6 Å². The van der Waals surface area contributed by atoms with E-state index in [0.29, 0.717) is 34.9 Å². The second-order valence-electron chi connectivity index (χ2n) is 7.86. The Morgan fingerprint density at radius 3 is 2.62 bits per heavy atom. The minimum Gasteiger partial charge on any atom is -0.462 e.